The van der Waals surface area contributed by atoms with E-state index in [0.29, 0.717) is 0 Å². The lowest BCUT2D eigenvalue weighted by Gasteiger charge is -1.92. The number of nitro groups is 1. The van der Waals surface area contributed by atoms with E-state index >= 15 is 0 Å². The zero-order chi connectivity index (χ0) is 10.0. The summed E-state index contributed by atoms with van der Waals surface area (Å²) in [6, 6.07) is 1.18. The maximum atomic E-state index is 10.6. The Kier molecular flexibility index (Phi) is 2.32. The second-order valence-corrected chi connectivity index (χ2v) is 2.49. The van der Waals surface area contributed by atoms with Crippen LogP contribution in [0.3, 0.4) is 0 Å². The van der Waals surface area contributed by atoms with Crippen LogP contribution < -0.4 is 5.32 Å². The summed E-state index contributed by atoms with van der Waals surface area (Å²) in [7, 11) is 0. The number of aryl methyl sites for hydroxylation is 1. The van der Waals surface area contributed by atoms with Gasteiger partial charge >= 0.3 is 5.69 Å². The highest BCUT2D eigenvalue weighted by Crippen LogP contribution is 2.25. The molecule has 6 nitrogen and oxygen atoms in total. The zero-order valence-corrected chi connectivity index (χ0v) is 7.16. The number of anilines is 1. The van der Waals surface area contributed by atoms with Crippen molar-refractivity contribution >= 4 is 17.5 Å². The Hall–Kier alpha value is -1.85. The van der Waals surface area contributed by atoms with E-state index in [0.717, 1.165) is 0 Å². The van der Waals surface area contributed by atoms with Crippen LogP contribution in [0.25, 0.3) is 0 Å². The first-order valence-electron chi connectivity index (χ1n) is 3.53. The average Bonchev–Trinajstić information content (AvgIpc) is 2.29. The molecule has 0 saturated carbocycles. The molecule has 13 heavy (non-hydrogen) atoms. The second-order valence-electron chi connectivity index (χ2n) is 2.49. The Morgan fingerprint density at radius 3 is 2.69 bits per heavy atom. The van der Waals surface area contributed by atoms with Crippen LogP contribution in [0, 0.1) is 17.0 Å². The summed E-state index contributed by atoms with van der Waals surface area (Å²) in [5, 5.41) is 12.7. The molecular weight excluding hydrogens is 176 g/mol. The van der Waals surface area contributed by atoms with E-state index in [1.807, 2.05) is 0 Å². The SMILES string of the molecule is CC(=O)Nc1cc([N+](=O)[O-])c(C)o1. The predicted octanol–water partition coefficient (Wildman–Crippen LogP) is 1.45. The number of hydrogen-bond donors (Lipinski definition) is 1. The summed E-state index contributed by atoms with van der Waals surface area (Å²) in [5.74, 6) is -0.0610. The molecule has 1 aromatic rings. The average molecular weight is 184 g/mol. The van der Waals surface area contributed by atoms with Crippen LogP contribution in [-0.2, 0) is 4.79 Å². The van der Waals surface area contributed by atoms with E-state index < -0.39 is 4.92 Å². The van der Waals surface area contributed by atoms with Gasteiger partial charge in [0.15, 0.2) is 5.76 Å². The minimum atomic E-state index is -0.565. The molecule has 70 valence electrons. The number of nitrogens with one attached hydrogen (secondary N) is 1. The van der Waals surface area contributed by atoms with Gasteiger partial charge in [0.2, 0.25) is 11.8 Å². The van der Waals surface area contributed by atoms with Crippen molar-refractivity contribution in [2.45, 2.75) is 13.8 Å². The van der Waals surface area contributed by atoms with Crippen LogP contribution in [0.1, 0.15) is 12.7 Å². The topological polar surface area (TPSA) is 85.4 Å². The maximum absolute atomic E-state index is 10.6. The normalized spacial score (nSPS) is 9.69. The van der Waals surface area contributed by atoms with E-state index in [2.05, 4.69) is 5.32 Å². The summed E-state index contributed by atoms with van der Waals surface area (Å²) in [6.07, 6.45) is 0. The second kappa shape index (κ2) is 3.26. The molecule has 0 aliphatic carbocycles. The highest BCUT2D eigenvalue weighted by molar-refractivity contribution is 5.87. The molecule has 0 unspecified atom stereocenters. The summed E-state index contributed by atoms with van der Waals surface area (Å²) in [5.41, 5.74) is -0.135. The smallest absolute Gasteiger partial charge is 0.312 e. The Morgan fingerprint density at radius 2 is 2.31 bits per heavy atom. The summed E-state index contributed by atoms with van der Waals surface area (Å²) in [6.45, 7) is 2.76. The van der Waals surface area contributed by atoms with Crippen molar-refractivity contribution in [3.63, 3.8) is 0 Å². The minimum absolute atomic E-state index is 0.0942. The van der Waals surface area contributed by atoms with Crippen molar-refractivity contribution in [3.05, 3.63) is 21.9 Å². The van der Waals surface area contributed by atoms with Crippen LogP contribution in [0.2, 0.25) is 0 Å². The van der Waals surface area contributed by atoms with Crippen molar-refractivity contribution in [1.29, 1.82) is 0 Å². The molecule has 0 bridgehead atoms. The number of carbonyl (C=O) groups excluding carboxylic acids is 1. The molecule has 1 aromatic heterocycles. The first kappa shape index (κ1) is 9.24. The number of furan rings is 1. The van der Waals surface area contributed by atoms with Gasteiger partial charge in [0.05, 0.1) is 11.0 Å². The van der Waals surface area contributed by atoms with Crippen LogP contribution in [0.15, 0.2) is 10.5 Å². The highest BCUT2D eigenvalue weighted by atomic mass is 16.6. The summed E-state index contributed by atoms with van der Waals surface area (Å²) in [4.78, 5) is 20.4. The summed E-state index contributed by atoms with van der Waals surface area (Å²) >= 11 is 0. The third kappa shape index (κ3) is 2.05. The van der Waals surface area contributed by atoms with Gasteiger partial charge in [0.1, 0.15) is 0 Å². The van der Waals surface area contributed by atoms with Crippen LogP contribution in [0.4, 0.5) is 11.6 Å². The third-order valence-corrected chi connectivity index (χ3v) is 1.39. The monoisotopic (exact) mass is 184 g/mol. The highest BCUT2D eigenvalue weighted by Gasteiger charge is 2.17. The molecule has 0 aliphatic heterocycles. The van der Waals surface area contributed by atoms with E-state index in [-0.39, 0.29) is 23.2 Å². The Morgan fingerprint density at radius 1 is 1.69 bits per heavy atom. The van der Waals surface area contributed by atoms with Gasteiger partial charge in [-0.3, -0.25) is 20.2 Å². The van der Waals surface area contributed by atoms with Crippen molar-refractivity contribution in [1.82, 2.24) is 0 Å². The van der Waals surface area contributed by atoms with Gasteiger partial charge in [-0.05, 0) is 0 Å². The van der Waals surface area contributed by atoms with Crippen LogP contribution in [-0.4, -0.2) is 10.8 Å². The molecule has 0 spiro atoms. The number of rotatable bonds is 2. The van der Waals surface area contributed by atoms with E-state index in [4.69, 9.17) is 4.42 Å². The number of carbonyl (C=O) groups is 1. The molecule has 0 aliphatic rings. The lowest BCUT2D eigenvalue weighted by molar-refractivity contribution is -0.385. The van der Waals surface area contributed by atoms with Gasteiger partial charge < -0.3 is 4.42 Å². The van der Waals surface area contributed by atoms with Crippen LogP contribution >= 0.6 is 0 Å². The Bertz CT molecular complexity index is 355. The molecule has 1 amide bonds. The van der Waals surface area contributed by atoms with Gasteiger partial charge in [-0.25, -0.2) is 0 Å². The lowest BCUT2D eigenvalue weighted by Crippen LogP contribution is -2.04. The molecule has 0 fully saturated rings. The Labute approximate surface area is 73.7 Å². The molecule has 1 N–H and O–H groups in total. The molecule has 0 saturated heterocycles. The van der Waals surface area contributed by atoms with E-state index in [1.165, 1.54) is 19.9 Å². The van der Waals surface area contributed by atoms with Gasteiger partial charge in [0.25, 0.3) is 0 Å². The van der Waals surface area contributed by atoms with E-state index in [1.54, 1.807) is 0 Å². The Balaban J connectivity index is 2.95. The van der Waals surface area contributed by atoms with Crippen molar-refractivity contribution in [3.8, 4) is 0 Å². The predicted molar refractivity (Wildman–Crippen MR) is 44.4 cm³/mol. The van der Waals surface area contributed by atoms with Gasteiger partial charge in [-0.15, -0.1) is 0 Å². The summed E-state index contributed by atoms with van der Waals surface area (Å²) < 4.78 is 4.91. The molecule has 0 radical (unpaired) electrons. The largest absolute Gasteiger partial charge is 0.438 e. The number of nitrogens with zero attached hydrogens (tertiary/aromatic N) is 1. The molecular formula is C7H8N2O4. The maximum Gasteiger partial charge on any atom is 0.312 e. The molecule has 1 rings (SSSR count). The van der Waals surface area contributed by atoms with Gasteiger partial charge in [-0.2, -0.15) is 0 Å². The molecule has 0 atom stereocenters. The minimum Gasteiger partial charge on any atom is -0.438 e. The molecule has 6 heteroatoms. The fourth-order valence-corrected chi connectivity index (χ4v) is 0.889. The van der Waals surface area contributed by atoms with Crippen LogP contribution in [0.5, 0.6) is 0 Å². The fourth-order valence-electron chi connectivity index (χ4n) is 0.889. The number of hydrogen-bond acceptors (Lipinski definition) is 4. The van der Waals surface area contributed by atoms with Gasteiger partial charge in [0, 0.05) is 13.8 Å². The molecule has 1 heterocycles. The van der Waals surface area contributed by atoms with Crippen molar-refractivity contribution in [2.75, 3.05) is 5.32 Å². The third-order valence-electron chi connectivity index (χ3n) is 1.39. The van der Waals surface area contributed by atoms with Crippen molar-refractivity contribution in [2.24, 2.45) is 0 Å². The van der Waals surface area contributed by atoms with Crippen molar-refractivity contribution < 1.29 is 14.1 Å². The quantitative estimate of drug-likeness (QED) is 0.556. The van der Waals surface area contributed by atoms with Gasteiger partial charge in [-0.1, -0.05) is 0 Å². The zero-order valence-electron chi connectivity index (χ0n) is 7.16. The van der Waals surface area contributed by atoms with E-state index in [9.17, 15) is 14.9 Å². The standard InChI is InChI=1S/C7H8N2O4/c1-4-6(9(11)12)3-7(13-4)8-5(2)10/h3H,1-2H3,(H,8,10). The lowest BCUT2D eigenvalue weighted by atomic mass is 10.4. The fraction of sp³-hybridized carbons (Fsp3) is 0.286. The number of amides is 1. The first-order valence-corrected chi connectivity index (χ1v) is 3.53. The first-order chi connectivity index (χ1) is 6.00. The molecule has 0 aromatic carbocycles.